The average molecular weight is 590 g/mol. The zero-order valence-electron chi connectivity index (χ0n) is 18.2. The van der Waals surface area contributed by atoms with Gasteiger partial charge in [-0.05, 0) is 13.0 Å². The van der Waals surface area contributed by atoms with Gasteiger partial charge in [-0.3, -0.25) is 9.32 Å². The van der Waals surface area contributed by atoms with Crippen LogP contribution in [-0.2, 0) is 31.6 Å². The Balaban J connectivity index is 1.58. The number of ether oxygens (including phenoxy) is 1. The lowest BCUT2D eigenvalue weighted by Gasteiger charge is -2.27. The number of nitrogens with one attached hydrogen (secondary N) is 1. The summed E-state index contributed by atoms with van der Waals surface area (Å²) in [4.78, 5) is 48.0. The van der Waals surface area contributed by atoms with Crippen molar-refractivity contribution in [2.45, 2.75) is 31.0 Å². The third kappa shape index (κ3) is 5.74. The van der Waals surface area contributed by atoms with Crippen LogP contribution in [0.4, 0.5) is 4.39 Å². The molecule has 0 radical (unpaired) electrons. The normalized spacial score (nSPS) is 27.9. The van der Waals surface area contributed by atoms with Crippen LogP contribution in [0.2, 0.25) is 0 Å². The molecule has 0 aliphatic carbocycles. The fraction of sp³-hybridized carbons (Fsp3) is 0.400. The zero-order valence-corrected chi connectivity index (χ0v) is 20.9. The summed E-state index contributed by atoms with van der Waals surface area (Å²) in [5, 5.41) is 31.3. The number of halogens is 1. The highest BCUT2D eigenvalue weighted by molar-refractivity contribution is 7.66. The number of aromatic amines is 1. The van der Waals surface area contributed by atoms with Crippen LogP contribution in [0.15, 0.2) is 23.3 Å². The summed E-state index contributed by atoms with van der Waals surface area (Å²) in [6.45, 7) is 0.0577. The molecule has 7 N–H and O–H groups in total. The number of aliphatic hydroxyl groups is 2. The molecular weight excluding hydrogens is 572 g/mol. The van der Waals surface area contributed by atoms with Gasteiger partial charge >= 0.3 is 23.5 Å². The fourth-order valence-corrected chi connectivity index (χ4v) is 6.77. The summed E-state index contributed by atoms with van der Waals surface area (Å²) in [7, 11) is -16.9. The number of hydrogen-bond acceptors (Lipinski definition) is 12. The molecule has 2 aromatic heterocycles. The van der Waals surface area contributed by atoms with Gasteiger partial charge in [0.15, 0.2) is 6.23 Å². The van der Waals surface area contributed by atoms with Crippen molar-refractivity contribution in [2.75, 3.05) is 6.61 Å². The Bertz CT molecular complexity index is 1570. The first-order valence-electron chi connectivity index (χ1n) is 9.79. The Hall–Kier alpha value is -1.95. The molecule has 18 nitrogen and oxygen atoms in total. The number of nitrogens with zero attached hydrogens (tertiary/aromatic N) is 3. The minimum Gasteiger partial charge on any atom is -0.387 e. The van der Waals surface area contributed by atoms with Crippen LogP contribution in [0.3, 0.4) is 0 Å². The molecule has 0 saturated carbocycles. The second-order valence-electron chi connectivity index (χ2n) is 7.98. The zero-order chi connectivity index (χ0) is 27.6. The predicted octanol–water partition coefficient (Wildman–Crippen LogP) is -0.236. The van der Waals surface area contributed by atoms with Crippen molar-refractivity contribution in [3.05, 3.63) is 34.6 Å². The van der Waals surface area contributed by atoms with E-state index in [2.05, 4.69) is 28.4 Å². The molecular formula is C15H18FN4O14P3. The molecule has 2 unspecified atom stereocenters. The van der Waals surface area contributed by atoms with Gasteiger partial charge in [0, 0.05) is 17.0 Å². The lowest BCUT2D eigenvalue weighted by atomic mass is 9.97. The van der Waals surface area contributed by atoms with E-state index in [0.717, 1.165) is 23.9 Å². The van der Waals surface area contributed by atoms with Gasteiger partial charge in [0.2, 0.25) is 0 Å². The molecule has 1 aliphatic rings. The number of hydrogen-bond donors (Lipinski definition) is 7. The van der Waals surface area contributed by atoms with Crippen LogP contribution in [0.5, 0.6) is 0 Å². The average Bonchev–Trinajstić information content (AvgIpc) is 3.08. The second kappa shape index (κ2) is 9.36. The van der Waals surface area contributed by atoms with E-state index in [4.69, 9.17) is 14.5 Å². The van der Waals surface area contributed by atoms with Crippen molar-refractivity contribution in [3.63, 3.8) is 0 Å². The van der Waals surface area contributed by atoms with E-state index in [1.54, 1.807) is 0 Å². The number of H-pyrrole nitrogens is 1. The van der Waals surface area contributed by atoms with E-state index in [0.29, 0.717) is 0 Å². The third-order valence-corrected chi connectivity index (χ3v) is 9.01. The highest BCUT2D eigenvalue weighted by atomic mass is 31.3. The Labute approximate surface area is 203 Å². The highest BCUT2D eigenvalue weighted by Gasteiger charge is 2.54. The van der Waals surface area contributed by atoms with Crippen molar-refractivity contribution in [2.24, 2.45) is 0 Å². The summed E-state index contributed by atoms with van der Waals surface area (Å²) in [6.07, 6.45) is -2.65. The van der Waals surface area contributed by atoms with E-state index in [-0.39, 0.29) is 21.7 Å². The molecule has 37 heavy (non-hydrogen) atoms. The van der Waals surface area contributed by atoms with E-state index in [1.165, 1.54) is 6.20 Å². The Morgan fingerprint density at radius 1 is 1.19 bits per heavy atom. The Kier molecular flexibility index (Phi) is 7.10. The molecule has 1 saturated heterocycles. The van der Waals surface area contributed by atoms with Crippen LogP contribution in [0.1, 0.15) is 13.2 Å². The first-order valence-corrected chi connectivity index (χ1v) is 14.3. The molecule has 0 amide bonds. The van der Waals surface area contributed by atoms with Gasteiger partial charge in [-0.1, -0.05) is 0 Å². The van der Waals surface area contributed by atoms with Gasteiger partial charge in [0.25, 0.3) is 5.56 Å². The molecule has 0 bridgehead atoms. The minimum atomic E-state index is -5.77. The summed E-state index contributed by atoms with van der Waals surface area (Å²) in [6, 6.07) is 1.03. The van der Waals surface area contributed by atoms with Crippen molar-refractivity contribution in [3.8, 4) is 0 Å². The molecule has 3 aromatic rings. The first kappa shape index (κ1) is 28.1. The maximum Gasteiger partial charge on any atom is 0.490 e. The van der Waals surface area contributed by atoms with Crippen LogP contribution in [0, 0.1) is 5.82 Å². The van der Waals surface area contributed by atoms with E-state index < -0.39 is 65.5 Å². The minimum absolute atomic E-state index is 0.000327. The molecule has 6 atom stereocenters. The number of phosphoric ester groups is 1. The van der Waals surface area contributed by atoms with Crippen LogP contribution >= 0.6 is 23.5 Å². The fourth-order valence-electron chi connectivity index (χ4n) is 3.74. The monoisotopic (exact) mass is 590 g/mol. The number of aliphatic hydroxyl groups excluding tert-OH is 1. The molecule has 3 heterocycles. The van der Waals surface area contributed by atoms with Gasteiger partial charge < -0.3 is 34.5 Å². The van der Waals surface area contributed by atoms with Crippen molar-refractivity contribution in [1.82, 2.24) is 20.0 Å². The maximum atomic E-state index is 14.4. The summed E-state index contributed by atoms with van der Waals surface area (Å²) in [5.41, 5.74) is -2.97. The molecule has 4 rings (SSSR count). The lowest BCUT2D eigenvalue weighted by molar-refractivity contribution is -0.102. The van der Waals surface area contributed by atoms with Gasteiger partial charge in [-0.15, -0.1) is 0 Å². The number of rotatable bonds is 8. The molecule has 1 aliphatic heterocycles. The van der Waals surface area contributed by atoms with Gasteiger partial charge in [0.05, 0.1) is 18.2 Å². The third-order valence-electron chi connectivity index (χ3n) is 5.20. The number of aromatic nitrogens is 4. The highest BCUT2D eigenvalue weighted by Crippen LogP contribution is 2.66. The molecule has 204 valence electrons. The quantitative estimate of drug-likeness (QED) is 0.167. The van der Waals surface area contributed by atoms with Gasteiger partial charge in [-0.2, -0.15) is 18.8 Å². The molecule has 0 spiro atoms. The SMILES string of the molecule is C[C@@]1(O)[C@H](O)[C@@H](COP(=O)(O)OP(=O)(O)OP(=O)(O)O)O[C@H]1n1cc2cc(F)c3c(=O)[nH]ncc(n1)c23. The van der Waals surface area contributed by atoms with Crippen molar-refractivity contribution in [1.29, 1.82) is 0 Å². The van der Waals surface area contributed by atoms with Crippen LogP contribution < -0.4 is 5.56 Å². The van der Waals surface area contributed by atoms with Crippen LogP contribution in [0.25, 0.3) is 21.7 Å². The molecule has 22 heteroatoms. The molecule has 1 aromatic carbocycles. The lowest BCUT2D eigenvalue weighted by Crippen LogP contribution is -2.44. The predicted molar refractivity (Wildman–Crippen MR) is 116 cm³/mol. The maximum absolute atomic E-state index is 14.4. The van der Waals surface area contributed by atoms with Gasteiger partial charge in [0.1, 0.15) is 29.1 Å². The Morgan fingerprint density at radius 3 is 2.51 bits per heavy atom. The summed E-state index contributed by atoms with van der Waals surface area (Å²) >= 11 is 0. The van der Waals surface area contributed by atoms with Crippen LogP contribution in [-0.4, -0.2) is 74.2 Å². The molecule has 1 fully saturated rings. The van der Waals surface area contributed by atoms with Crippen molar-refractivity contribution >= 4 is 45.1 Å². The standard InChI is InChI=1S/C15H18FN4O14P3/c1-15(23)12(21)9(5-31-36(27,28)34-37(29,30)33-35(24,25)26)32-14(15)20-4-6-2-7(16)11-10(6)8(19-20)3-17-18-13(11)22/h2-4,9,12,14,21,23H,5H2,1H3,(H,18,22)(H,27,28)(H,29,30)(H2,24,25,26)/t9-,12-,14-,15-/m1/s1. The summed E-state index contributed by atoms with van der Waals surface area (Å²) < 4.78 is 66.7. The first-order chi connectivity index (χ1) is 16.9. The topological polar surface area (TPSA) is 273 Å². The Morgan fingerprint density at radius 2 is 1.86 bits per heavy atom. The van der Waals surface area contributed by atoms with E-state index in [1.807, 2.05) is 0 Å². The van der Waals surface area contributed by atoms with E-state index in [9.17, 15) is 42.9 Å². The largest absolute Gasteiger partial charge is 0.490 e. The van der Waals surface area contributed by atoms with E-state index >= 15 is 0 Å². The number of phosphoric acid groups is 3. The summed E-state index contributed by atoms with van der Waals surface area (Å²) in [5.74, 6) is -0.869. The van der Waals surface area contributed by atoms with Crippen molar-refractivity contribution < 1.29 is 65.8 Å². The van der Waals surface area contributed by atoms with Gasteiger partial charge in [-0.25, -0.2) is 27.9 Å². The smallest absolute Gasteiger partial charge is 0.387 e. The second-order valence-corrected chi connectivity index (χ2v) is 12.4.